The Kier molecular flexibility index (Phi) is 5.06. The van der Waals surface area contributed by atoms with Crippen LogP contribution in [0.3, 0.4) is 0 Å². The molecule has 0 aliphatic rings. The Hall–Kier alpha value is -2.12. The smallest absolute Gasteiger partial charge is 0.333 e. The quantitative estimate of drug-likeness (QED) is 0.604. The van der Waals surface area contributed by atoms with E-state index in [1.807, 2.05) is 18.7 Å². The Balaban J connectivity index is 3.09. The second-order valence-electron chi connectivity index (χ2n) is 4.92. The van der Waals surface area contributed by atoms with E-state index in [9.17, 15) is 14.9 Å². The van der Waals surface area contributed by atoms with E-state index >= 15 is 0 Å². The van der Waals surface area contributed by atoms with E-state index in [4.69, 9.17) is 5.11 Å². The minimum Gasteiger partial charge on any atom is -0.481 e. The molecule has 20 heavy (non-hydrogen) atoms. The van der Waals surface area contributed by atoms with E-state index in [2.05, 4.69) is 5.10 Å². The Labute approximate surface area is 117 Å². The van der Waals surface area contributed by atoms with E-state index < -0.39 is 10.9 Å². The van der Waals surface area contributed by atoms with Crippen molar-refractivity contribution in [3.05, 3.63) is 15.8 Å². The van der Waals surface area contributed by atoms with E-state index in [-0.39, 0.29) is 18.2 Å². The number of carbonyl (C=O) groups is 1. The lowest BCUT2D eigenvalue weighted by Gasteiger charge is -2.27. The molecule has 112 valence electrons. The fourth-order valence-electron chi connectivity index (χ4n) is 2.18. The van der Waals surface area contributed by atoms with Crippen molar-refractivity contribution in [1.82, 2.24) is 9.78 Å². The molecule has 0 amide bonds. The largest absolute Gasteiger partial charge is 0.481 e. The third-order valence-corrected chi connectivity index (χ3v) is 3.03. The number of anilines is 1. The van der Waals surface area contributed by atoms with Crippen LogP contribution in [0.1, 0.15) is 32.4 Å². The third kappa shape index (κ3) is 3.46. The summed E-state index contributed by atoms with van der Waals surface area (Å²) in [5.41, 5.74) is 0.341. The van der Waals surface area contributed by atoms with E-state index in [1.165, 1.54) is 4.68 Å². The average molecular weight is 284 g/mol. The normalized spacial score (nSPS) is 10.8. The minimum atomic E-state index is -0.871. The second kappa shape index (κ2) is 6.36. The van der Waals surface area contributed by atoms with Crippen LogP contribution in [0, 0.1) is 17.0 Å². The summed E-state index contributed by atoms with van der Waals surface area (Å²) in [4.78, 5) is 23.2. The van der Waals surface area contributed by atoms with Crippen LogP contribution in [0.15, 0.2) is 0 Å². The number of carboxylic acid groups (broad SMARTS) is 1. The molecule has 0 saturated carbocycles. The number of hydrogen-bond acceptors (Lipinski definition) is 5. The number of nitrogens with zero attached hydrogens (tertiary/aromatic N) is 4. The molecule has 0 aliphatic heterocycles. The van der Waals surface area contributed by atoms with Gasteiger partial charge in [-0.2, -0.15) is 5.10 Å². The number of aromatic nitrogens is 2. The van der Waals surface area contributed by atoms with Gasteiger partial charge in [0.1, 0.15) is 5.69 Å². The zero-order valence-electron chi connectivity index (χ0n) is 12.2. The summed E-state index contributed by atoms with van der Waals surface area (Å²) < 4.78 is 1.48. The zero-order valence-corrected chi connectivity index (χ0v) is 12.2. The summed E-state index contributed by atoms with van der Waals surface area (Å²) in [6, 6.07) is 0.0114. The number of carboxylic acids is 1. The van der Waals surface area contributed by atoms with Crippen molar-refractivity contribution in [2.45, 2.75) is 39.7 Å². The van der Waals surface area contributed by atoms with Crippen molar-refractivity contribution in [2.24, 2.45) is 7.05 Å². The van der Waals surface area contributed by atoms with Crippen molar-refractivity contribution >= 4 is 17.5 Å². The maximum Gasteiger partial charge on any atom is 0.333 e. The van der Waals surface area contributed by atoms with Gasteiger partial charge in [0, 0.05) is 26.1 Å². The maximum absolute atomic E-state index is 11.2. The summed E-state index contributed by atoms with van der Waals surface area (Å²) in [6.45, 7) is 5.85. The van der Waals surface area contributed by atoms with Gasteiger partial charge in [0.05, 0.1) is 4.92 Å². The third-order valence-electron chi connectivity index (χ3n) is 3.03. The monoisotopic (exact) mass is 284 g/mol. The number of rotatable bonds is 7. The fraction of sp³-hybridized carbons (Fsp3) is 0.667. The van der Waals surface area contributed by atoms with Crippen LogP contribution >= 0.6 is 0 Å². The summed E-state index contributed by atoms with van der Waals surface area (Å²) in [6.07, 6.45) is 0.461. The lowest BCUT2D eigenvalue weighted by molar-refractivity contribution is -0.384. The summed E-state index contributed by atoms with van der Waals surface area (Å²) in [5.74, 6) is -0.447. The molecule has 0 unspecified atom stereocenters. The lowest BCUT2D eigenvalue weighted by Crippen LogP contribution is -2.34. The second-order valence-corrected chi connectivity index (χ2v) is 4.92. The molecule has 8 nitrogen and oxygen atoms in total. The maximum atomic E-state index is 11.2. The van der Waals surface area contributed by atoms with E-state index in [0.717, 1.165) is 0 Å². The van der Waals surface area contributed by atoms with Crippen LogP contribution in [-0.2, 0) is 11.8 Å². The molecular formula is C12H20N4O4. The summed E-state index contributed by atoms with van der Waals surface area (Å²) in [5, 5.41) is 24.0. The van der Waals surface area contributed by atoms with Crippen LogP contribution in [0.25, 0.3) is 0 Å². The average Bonchev–Trinajstić information content (AvgIpc) is 2.58. The van der Waals surface area contributed by atoms with Crippen LogP contribution < -0.4 is 4.90 Å². The van der Waals surface area contributed by atoms with Gasteiger partial charge >= 0.3 is 11.7 Å². The first-order chi connectivity index (χ1) is 9.25. The van der Waals surface area contributed by atoms with E-state index in [1.54, 1.807) is 14.0 Å². The van der Waals surface area contributed by atoms with Gasteiger partial charge in [-0.1, -0.05) is 0 Å². The highest BCUT2D eigenvalue weighted by atomic mass is 16.6. The topological polar surface area (TPSA) is 102 Å². The zero-order chi connectivity index (χ0) is 15.4. The molecule has 0 fully saturated rings. The van der Waals surface area contributed by atoms with Crippen molar-refractivity contribution < 1.29 is 14.8 Å². The Morgan fingerprint density at radius 1 is 1.55 bits per heavy atom. The molecule has 8 heteroatoms. The molecular weight excluding hydrogens is 264 g/mol. The predicted molar refractivity (Wildman–Crippen MR) is 74.0 cm³/mol. The van der Waals surface area contributed by atoms with Gasteiger partial charge in [-0.25, -0.2) is 4.68 Å². The van der Waals surface area contributed by atoms with Gasteiger partial charge in [0.25, 0.3) is 0 Å². The van der Waals surface area contributed by atoms with Crippen LogP contribution in [0.4, 0.5) is 11.5 Å². The molecule has 0 bridgehead atoms. The Bertz CT molecular complexity index is 510. The summed E-state index contributed by atoms with van der Waals surface area (Å²) >= 11 is 0. The molecule has 1 rings (SSSR count). The standard InChI is InChI=1S/C12H20N4O4/c1-8(2)15(7-5-6-10(17)18)12-11(16(19)20)9(3)13-14(12)4/h8H,5-7H2,1-4H3,(H,17,18). The van der Waals surface area contributed by atoms with Crippen molar-refractivity contribution in [1.29, 1.82) is 0 Å². The first kappa shape index (κ1) is 15.9. The van der Waals surface area contributed by atoms with Gasteiger partial charge in [-0.15, -0.1) is 0 Å². The van der Waals surface area contributed by atoms with E-state index in [0.29, 0.717) is 24.5 Å². The first-order valence-corrected chi connectivity index (χ1v) is 6.42. The van der Waals surface area contributed by atoms with Gasteiger partial charge in [-0.05, 0) is 27.2 Å². The molecule has 0 aliphatic carbocycles. The number of aliphatic carboxylic acids is 1. The van der Waals surface area contributed by atoms with Crippen molar-refractivity contribution in [2.75, 3.05) is 11.4 Å². The SMILES string of the molecule is Cc1nn(C)c(N(CCCC(=O)O)C(C)C)c1[N+](=O)[O-]. The Morgan fingerprint density at radius 3 is 2.60 bits per heavy atom. The van der Waals surface area contributed by atoms with Crippen LogP contribution in [-0.4, -0.2) is 38.4 Å². The highest BCUT2D eigenvalue weighted by molar-refractivity contribution is 5.67. The fourth-order valence-corrected chi connectivity index (χ4v) is 2.18. The van der Waals surface area contributed by atoms with Crippen molar-refractivity contribution in [3.63, 3.8) is 0 Å². The van der Waals surface area contributed by atoms with Crippen LogP contribution in [0.2, 0.25) is 0 Å². The van der Waals surface area contributed by atoms with Crippen molar-refractivity contribution in [3.8, 4) is 0 Å². The number of hydrogen-bond donors (Lipinski definition) is 1. The molecule has 0 aromatic carbocycles. The highest BCUT2D eigenvalue weighted by Crippen LogP contribution is 2.32. The minimum absolute atomic E-state index is 0.0114. The highest BCUT2D eigenvalue weighted by Gasteiger charge is 2.29. The molecule has 0 saturated heterocycles. The first-order valence-electron chi connectivity index (χ1n) is 6.42. The number of nitro groups is 1. The molecule has 0 atom stereocenters. The molecule has 1 heterocycles. The molecule has 1 N–H and O–H groups in total. The predicted octanol–water partition coefficient (Wildman–Crippen LogP) is 1.72. The molecule has 0 spiro atoms. The van der Waals surface area contributed by atoms with Crippen LogP contribution in [0.5, 0.6) is 0 Å². The van der Waals surface area contributed by atoms with Gasteiger partial charge in [0.2, 0.25) is 5.82 Å². The summed E-state index contributed by atoms with van der Waals surface area (Å²) in [7, 11) is 1.65. The Morgan fingerprint density at radius 2 is 2.15 bits per heavy atom. The molecule has 0 radical (unpaired) electrons. The van der Waals surface area contributed by atoms with Gasteiger partial charge in [0.15, 0.2) is 0 Å². The van der Waals surface area contributed by atoms with Gasteiger partial charge < -0.3 is 10.0 Å². The molecule has 1 aromatic heterocycles. The number of aryl methyl sites for hydroxylation is 2. The van der Waals surface area contributed by atoms with Gasteiger partial charge in [-0.3, -0.25) is 14.9 Å². The lowest BCUT2D eigenvalue weighted by atomic mass is 10.2. The molecule has 1 aromatic rings.